The molecule has 82 heavy (non-hydrogen) atoms. The number of hydrogen-bond acceptors (Lipinski definition) is 3. The summed E-state index contributed by atoms with van der Waals surface area (Å²) in [6.07, 6.45) is 112. The maximum Gasteiger partial charge on any atom is 0.220 e. The van der Waals surface area contributed by atoms with Crippen molar-refractivity contribution >= 4 is 5.91 Å². The van der Waals surface area contributed by atoms with Crippen LogP contribution in [0.25, 0.3) is 0 Å². The number of hydrogen-bond donors (Lipinski definition) is 3. The van der Waals surface area contributed by atoms with Crippen molar-refractivity contribution in [2.75, 3.05) is 6.61 Å². The highest BCUT2D eigenvalue weighted by atomic mass is 16.3. The summed E-state index contributed by atoms with van der Waals surface area (Å²) in [6.45, 7) is 4.20. The summed E-state index contributed by atoms with van der Waals surface area (Å²) >= 11 is 0. The highest BCUT2D eigenvalue weighted by Gasteiger charge is 2.18. The molecule has 0 aromatic rings. The molecule has 0 spiro atoms. The Hall–Kier alpha value is -3.73. The molecule has 1 amide bonds. The molecular weight excluding hydrogens is 999 g/mol. The summed E-state index contributed by atoms with van der Waals surface area (Å²) in [5, 5.41) is 23.3. The quantitative estimate of drug-likeness (QED) is 0.0420. The summed E-state index contributed by atoms with van der Waals surface area (Å²) in [6, 6.07) is -0.656. The van der Waals surface area contributed by atoms with E-state index >= 15 is 0 Å². The molecule has 0 aliphatic heterocycles. The molecule has 4 nitrogen and oxygen atoms in total. The summed E-state index contributed by atoms with van der Waals surface area (Å²) < 4.78 is 0. The van der Waals surface area contributed by atoms with Gasteiger partial charge in [0, 0.05) is 6.42 Å². The zero-order valence-electron chi connectivity index (χ0n) is 54.0. The second-order valence-corrected chi connectivity index (χ2v) is 23.2. The fraction of sp³-hybridized carbons (Fsp3) is 0.679. The lowest BCUT2D eigenvalue weighted by Gasteiger charge is -2.19. The van der Waals surface area contributed by atoms with Gasteiger partial charge in [-0.25, -0.2) is 0 Å². The topological polar surface area (TPSA) is 69.6 Å². The zero-order chi connectivity index (χ0) is 59.1. The second kappa shape index (κ2) is 71.5. The fourth-order valence-electron chi connectivity index (χ4n) is 10.0. The van der Waals surface area contributed by atoms with E-state index in [0.717, 1.165) is 109 Å². The van der Waals surface area contributed by atoms with E-state index in [0.29, 0.717) is 6.42 Å². The van der Waals surface area contributed by atoms with Crippen molar-refractivity contribution in [1.29, 1.82) is 0 Å². The molecule has 0 aliphatic carbocycles. The maximum absolute atomic E-state index is 12.5. The largest absolute Gasteiger partial charge is 0.394 e. The minimum Gasteiger partial charge on any atom is -0.394 e. The molecule has 3 N–H and O–H groups in total. The minimum absolute atomic E-state index is 0.0851. The van der Waals surface area contributed by atoms with Crippen LogP contribution in [0.4, 0.5) is 0 Å². The van der Waals surface area contributed by atoms with Gasteiger partial charge in [0.25, 0.3) is 0 Å². The molecule has 0 heterocycles. The Balaban J connectivity index is 3.60. The van der Waals surface area contributed by atoms with Crippen molar-refractivity contribution < 1.29 is 15.0 Å². The second-order valence-electron chi connectivity index (χ2n) is 23.2. The normalized spacial score (nSPS) is 13.7. The Kier molecular flexibility index (Phi) is 68.3. The number of nitrogens with one attached hydrogen (secondary N) is 1. The average molecular weight is 1130 g/mol. The molecule has 0 radical (unpaired) electrons. The van der Waals surface area contributed by atoms with Gasteiger partial charge in [0.15, 0.2) is 0 Å². The zero-order valence-corrected chi connectivity index (χ0v) is 54.0. The van der Waals surface area contributed by atoms with Crippen LogP contribution >= 0.6 is 0 Å². The number of allylic oxidation sites excluding steroid dienone is 23. The predicted octanol–water partition coefficient (Wildman–Crippen LogP) is 24.3. The summed E-state index contributed by atoms with van der Waals surface area (Å²) in [7, 11) is 0. The molecule has 0 fully saturated rings. The Bertz CT molecular complexity index is 1670. The molecule has 0 aliphatic rings. The van der Waals surface area contributed by atoms with Crippen LogP contribution in [0.2, 0.25) is 0 Å². The van der Waals surface area contributed by atoms with Crippen LogP contribution in [0.3, 0.4) is 0 Å². The van der Waals surface area contributed by atoms with Gasteiger partial charge in [-0.05, 0) is 109 Å². The van der Waals surface area contributed by atoms with Gasteiger partial charge in [-0.15, -0.1) is 0 Å². The van der Waals surface area contributed by atoms with Gasteiger partial charge in [0.05, 0.1) is 18.8 Å². The standard InChI is InChI=1S/C78H133NO3/c1-3-5-7-9-11-13-15-17-19-21-23-25-27-29-31-33-35-36-37-38-39-40-41-42-44-46-48-50-52-54-56-58-60-62-64-66-68-70-72-74-78(82)79-76(75-80)77(81)73-71-69-67-65-63-61-59-57-55-53-51-49-47-45-43-34-32-30-28-26-24-22-20-18-16-14-12-10-8-6-4-2/h5,7,11,13,17,19,23,25,29,31,35-36,38-39,41-42,46,48,52,54,63,65,71,73,76-77,80-81H,3-4,6,8-10,12,14-16,18,20-22,24,26-28,30,32-34,37,40,43-45,47,49-51,53,55-62,64,66-70,72,74-75H2,1-2H3,(H,79,82)/b7-5-,13-11-,19-17-,25-23-,31-29-,36-35-,39-38-,42-41-,48-46-,54-52-,65-63+,73-71+. The van der Waals surface area contributed by atoms with Crippen molar-refractivity contribution in [3.8, 4) is 0 Å². The molecule has 0 rings (SSSR count). The first kappa shape index (κ1) is 78.3. The van der Waals surface area contributed by atoms with Crippen molar-refractivity contribution in [3.05, 3.63) is 146 Å². The number of aliphatic hydroxyl groups excluding tert-OH is 2. The molecule has 468 valence electrons. The maximum atomic E-state index is 12.5. The van der Waals surface area contributed by atoms with Crippen molar-refractivity contribution in [1.82, 2.24) is 5.32 Å². The Morgan fingerprint density at radius 1 is 0.305 bits per heavy atom. The predicted molar refractivity (Wildman–Crippen MR) is 368 cm³/mol. The van der Waals surface area contributed by atoms with Crippen LogP contribution in [0.1, 0.15) is 322 Å². The van der Waals surface area contributed by atoms with Gasteiger partial charge >= 0.3 is 0 Å². The van der Waals surface area contributed by atoms with Crippen LogP contribution in [0.5, 0.6) is 0 Å². The molecule has 0 aromatic carbocycles. The third kappa shape index (κ3) is 67.1. The van der Waals surface area contributed by atoms with Crippen LogP contribution in [-0.4, -0.2) is 34.9 Å². The van der Waals surface area contributed by atoms with E-state index in [9.17, 15) is 15.0 Å². The Morgan fingerprint density at radius 3 is 0.854 bits per heavy atom. The van der Waals surface area contributed by atoms with E-state index in [2.05, 4.69) is 153 Å². The number of carbonyl (C=O) groups is 1. The van der Waals surface area contributed by atoms with E-state index in [1.165, 1.54) is 193 Å². The fourth-order valence-corrected chi connectivity index (χ4v) is 10.0. The summed E-state index contributed by atoms with van der Waals surface area (Å²) in [5.74, 6) is -0.0851. The minimum atomic E-state index is -0.878. The average Bonchev–Trinajstić information content (AvgIpc) is 3.50. The Morgan fingerprint density at radius 2 is 0.549 bits per heavy atom. The van der Waals surface area contributed by atoms with E-state index < -0.39 is 12.1 Å². The molecule has 2 atom stereocenters. The molecule has 0 bridgehead atoms. The van der Waals surface area contributed by atoms with Crippen LogP contribution in [0, 0.1) is 0 Å². The van der Waals surface area contributed by atoms with Crippen LogP contribution < -0.4 is 5.32 Å². The first-order chi connectivity index (χ1) is 40.7. The number of rotatable bonds is 63. The molecular formula is C78H133NO3. The number of unbranched alkanes of at least 4 members (excludes halogenated alkanes) is 34. The van der Waals surface area contributed by atoms with E-state index in [4.69, 9.17) is 0 Å². The first-order valence-corrected chi connectivity index (χ1v) is 35.0. The third-order valence-corrected chi connectivity index (χ3v) is 15.3. The lowest BCUT2D eigenvalue weighted by Crippen LogP contribution is -2.45. The van der Waals surface area contributed by atoms with E-state index in [1.807, 2.05) is 6.08 Å². The van der Waals surface area contributed by atoms with Crippen molar-refractivity contribution in [2.24, 2.45) is 0 Å². The lowest BCUT2D eigenvalue weighted by atomic mass is 10.0. The van der Waals surface area contributed by atoms with E-state index in [1.54, 1.807) is 6.08 Å². The van der Waals surface area contributed by atoms with Gasteiger partial charge in [0.1, 0.15) is 0 Å². The summed E-state index contributed by atoms with van der Waals surface area (Å²) in [5.41, 5.74) is 0. The molecule has 0 aromatic heterocycles. The number of carbonyl (C=O) groups excluding carboxylic acids is 1. The monoisotopic (exact) mass is 1130 g/mol. The van der Waals surface area contributed by atoms with Crippen LogP contribution in [-0.2, 0) is 4.79 Å². The molecule has 0 saturated heterocycles. The smallest absolute Gasteiger partial charge is 0.220 e. The van der Waals surface area contributed by atoms with Crippen molar-refractivity contribution in [3.63, 3.8) is 0 Å². The number of aliphatic hydroxyl groups is 2. The van der Waals surface area contributed by atoms with E-state index in [-0.39, 0.29) is 12.5 Å². The van der Waals surface area contributed by atoms with Gasteiger partial charge < -0.3 is 15.5 Å². The highest BCUT2D eigenvalue weighted by Crippen LogP contribution is 2.17. The SMILES string of the molecule is CC/C=C\C/C=C\C/C=C\C/C=C\C/C=C\C/C=C\C/C=C\C/C=C\C/C=C\C/C=C\CCCCCCCCCCC(=O)NC(CO)C(O)/C=C/CC/C=C/CCCCCCCCCCCCCCCCCCCCCCCCCCC. The van der Waals surface area contributed by atoms with Gasteiger partial charge in [-0.3, -0.25) is 4.79 Å². The third-order valence-electron chi connectivity index (χ3n) is 15.3. The number of amides is 1. The molecule has 4 heteroatoms. The van der Waals surface area contributed by atoms with Gasteiger partial charge in [-0.2, -0.15) is 0 Å². The van der Waals surface area contributed by atoms with Gasteiger partial charge in [-0.1, -0.05) is 352 Å². The van der Waals surface area contributed by atoms with Gasteiger partial charge in [0.2, 0.25) is 5.91 Å². The molecule has 0 saturated carbocycles. The van der Waals surface area contributed by atoms with Crippen molar-refractivity contribution in [2.45, 2.75) is 334 Å². The Labute approximate surface area is 510 Å². The molecule has 2 unspecified atom stereocenters. The lowest BCUT2D eigenvalue weighted by molar-refractivity contribution is -0.123. The first-order valence-electron chi connectivity index (χ1n) is 35.0. The van der Waals surface area contributed by atoms with Crippen LogP contribution in [0.15, 0.2) is 146 Å². The summed E-state index contributed by atoms with van der Waals surface area (Å²) in [4.78, 5) is 12.5. The highest BCUT2D eigenvalue weighted by molar-refractivity contribution is 5.76.